The van der Waals surface area contributed by atoms with Crippen LogP contribution in [0.5, 0.6) is 11.5 Å². The number of benzene rings is 11. The molecule has 0 N–H and O–H groups in total. The summed E-state index contributed by atoms with van der Waals surface area (Å²) >= 11 is 0. The van der Waals surface area contributed by atoms with E-state index in [-0.39, 0.29) is 10.8 Å². The van der Waals surface area contributed by atoms with E-state index in [0.717, 1.165) is 150 Å². The quantitative estimate of drug-likeness (QED) is 0.123. The van der Waals surface area contributed by atoms with Gasteiger partial charge < -0.3 is 13.6 Å². The van der Waals surface area contributed by atoms with Crippen LogP contribution in [0.4, 0.5) is 0 Å². The van der Waals surface area contributed by atoms with Crippen LogP contribution in [0.2, 0.25) is 0 Å². The lowest BCUT2D eigenvalue weighted by Gasteiger charge is -2.26. The fourth-order valence-electron chi connectivity index (χ4n) is 13.5. The first kappa shape index (κ1) is 50.7. The van der Waals surface area contributed by atoms with Crippen LogP contribution in [0.25, 0.3) is 150 Å². The Morgan fingerprint density at radius 3 is 1.67 bits per heavy atom. The van der Waals surface area contributed by atoms with E-state index in [0.29, 0.717) is 11.5 Å². The van der Waals surface area contributed by atoms with Gasteiger partial charge in [-0.3, -0.25) is 13.7 Å². The largest absolute Gasteiger partial charge is 0.458 e. The third-order valence-corrected chi connectivity index (χ3v) is 17.9. The summed E-state index contributed by atoms with van der Waals surface area (Å²) in [5.74, 6) is 2.27. The highest BCUT2D eigenvalue weighted by molar-refractivity contribution is 6.11. The molecule has 0 saturated heterocycles. The van der Waals surface area contributed by atoms with Gasteiger partial charge in [-0.25, -0.2) is 4.98 Å². The third kappa shape index (κ3) is 8.10. The highest BCUT2D eigenvalue weighted by Crippen LogP contribution is 2.49. The molecule has 6 heterocycles. The monoisotopic (exact) mass is 1120 g/mol. The van der Waals surface area contributed by atoms with Crippen molar-refractivity contribution in [2.24, 2.45) is 0 Å². The molecule has 87 heavy (non-hydrogen) atoms. The lowest BCUT2D eigenvalue weighted by molar-refractivity contribution is -0.570. The number of para-hydroxylation sites is 3. The minimum Gasteiger partial charge on any atom is -0.458 e. The summed E-state index contributed by atoms with van der Waals surface area (Å²) in [6.07, 6.45) is 6.05. The van der Waals surface area contributed by atoms with Gasteiger partial charge >= 0.3 is 0 Å². The van der Waals surface area contributed by atoms with E-state index in [9.17, 15) is 0 Å². The Balaban J connectivity index is 0.931. The average molecular weight is 1120 g/mol. The predicted octanol–water partition coefficient (Wildman–Crippen LogP) is 21.0. The Morgan fingerprint density at radius 1 is 0.391 bits per heavy atom. The van der Waals surface area contributed by atoms with Gasteiger partial charge in [0.05, 0.1) is 33.4 Å². The summed E-state index contributed by atoms with van der Waals surface area (Å²) in [6.45, 7) is 13.7. The number of aromatic nitrogens is 4. The molecule has 1 aliphatic heterocycles. The second kappa shape index (κ2) is 18.9. The maximum absolute atomic E-state index is 7.05. The maximum atomic E-state index is 7.05. The molecule has 16 aromatic rings. The molecule has 0 atom stereocenters. The van der Waals surface area contributed by atoms with E-state index in [4.69, 9.17) is 18.6 Å². The normalized spacial score (nSPS) is 12.5. The van der Waals surface area contributed by atoms with Gasteiger partial charge in [0.15, 0.2) is 0 Å². The molecule has 0 radical (unpaired) electrons. The zero-order valence-corrected chi connectivity index (χ0v) is 49.1. The van der Waals surface area contributed by atoms with E-state index >= 15 is 0 Å². The first-order chi connectivity index (χ1) is 42.4. The first-order valence-electron chi connectivity index (χ1n) is 29.9. The van der Waals surface area contributed by atoms with Crippen LogP contribution in [0.3, 0.4) is 0 Å². The number of rotatable bonds is 6. The van der Waals surface area contributed by atoms with Crippen LogP contribution in [0.1, 0.15) is 52.7 Å². The molecule has 11 aromatic carbocycles. The Bertz CT molecular complexity index is 5540. The number of nitrogens with zero attached hydrogens (tertiary/aromatic N) is 4. The fourth-order valence-corrected chi connectivity index (χ4v) is 13.5. The van der Waals surface area contributed by atoms with Crippen molar-refractivity contribution in [3.05, 3.63) is 260 Å². The Kier molecular flexibility index (Phi) is 11.0. The van der Waals surface area contributed by atoms with Gasteiger partial charge in [0, 0.05) is 44.6 Å². The zero-order valence-electron chi connectivity index (χ0n) is 49.1. The van der Waals surface area contributed by atoms with E-state index in [1.807, 2.05) is 30.5 Å². The topological polar surface area (TPSA) is 62.1 Å². The molecule has 17 rings (SSSR count). The first-order valence-corrected chi connectivity index (χ1v) is 29.9. The number of hydrogen-bond donors (Lipinski definition) is 0. The van der Waals surface area contributed by atoms with Crippen LogP contribution in [0, 0.1) is 6.33 Å². The number of fused-ring (bicyclic) bond motifs is 16. The second-order valence-corrected chi connectivity index (χ2v) is 25.3. The van der Waals surface area contributed by atoms with Crippen molar-refractivity contribution in [2.75, 3.05) is 0 Å². The number of ether oxygens (including phenoxy) is 1. The van der Waals surface area contributed by atoms with Gasteiger partial charge in [-0.15, -0.1) is 0 Å². The number of furan rings is 2. The zero-order chi connectivity index (χ0) is 58.4. The molecule has 5 aromatic heterocycles. The lowest BCUT2D eigenvalue weighted by Crippen LogP contribution is -2.32. The molecule has 0 aliphatic carbocycles. The Labute approximate surface area is 503 Å². The summed E-state index contributed by atoms with van der Waals surface area (Å²) < 4.78 is 26.8. The number of pyridine rings is 1. The fraction of sp³-hybridized carbons (Fsp3) is 0.100. The second-order valence-electron chi connectivity index (χ2n) is 25.3. The van der Waals surface area contributed by atoms with Gasteiger partial charge in [-0.2, -0.15) is 0 Å². The van der Waals surface area contributed by atoms with Crippen molar-refractivity contribution in [1.82, 2.24) is 14.1 Å². The van der Waals surface area contributed by atoms with E-state index in [1.54, 1.807) is 0 Å². The molecule has 0 bridgehead atoms. The highest BCUT2D eigenvalue weighted by Gasteiger charge is 2.30. The minimum absolute atomic E-state index is 0.0529. The molecule has 7 nitrogen and oxygen atoms in total. The SMILES string of the molecule is CC(C)(C)c1ccnc(-n2c3ccccc3c3ccc(Oc4cccc(-n5[c-][n+]6c7c(cc(-c8ccc9oc%10ccccc%10c9c8)cc75)-c5ccccc5-c5ccccc5-c5cc(C(C)(C)C)cc(-c7ccc8oc9ccccc9c8c7)c5-6)c4)cc32)c1. The maximum Gasteiger partial charge on any atom is 0.269 e. The number of hydrogen-bond acceptors (Lipinski definition) is 4. The summed E-state index contributed by atoms with van der Waals surface area (Å²) in [6, 6.07) is 85.1. The molecular weight excluding hydrogens is 1060 g/mol. The average Bonchev–Trinajstić information content (AvgIpc) is 1.67. The van der Waals surface area contributed by atoms with Gasteiger partial charge in [0.1, 0.15) is 39.6 Å². The standard InChI is InChI=1S/C80H58N4O3/c1-79(2,3)51-36-37-81-76(44-51)84-69-27-14-11-24-60(69)61-33-32-55(46-70(61)84)85-54-19-17-18-53(45-54)82-47-83-77-64(49-31-35-75-66(39-49)63-26-13-16-29-73(63)87-75)42-52(80(4,5)6)43-68(77)59-23-10-8-21-57(59)56-20-7-9-22-58(56)67-40-50(41-71(82)78(67)83)48-30-34-74-65(38-48)62-25-12-15-28-72(62)86-74/h7-46H,1-6H3. The van der Waals surface area contributed by atoms with Gasteiger partial charge in [-0.05, 0) is 169 Å². The predicted molar refractivity (Wildman–Crippen MR) is 355 cm³/mol. The van der Waals surface area contributed by atoms with Crippen molar-refractivity contribution in [1.29, 1.82) is 0 Å². The molecule has 0 unspecified atom stereocenters. The van der Waals surface area contributed by atoms with Crippen molar-refractivity contribution in [2.45, 2.75) is 52.4 Å². The molecule has 0 saturated carbocycles. The molecule has 416 valence electrons. The van der Waals surface area contributed by atoms with E-state index in [2.05, 4.69) is 274 Å². The van der Waals surface area contributed by atoms with Crippen LogP contribution in [-0.2, 0) is 10.8 Å². The van der Waals surface area contributed by atoms with Crippen molar-refractivity contribution < 1.29 is 18.1 Å². The van der Waals surface area contributed by atoms with Gasteiger partial charge in [0.25, 0.3) is 6.33 Å². The van der Waals surface area contributed by atoms with Gasteiger partial charge in [0.2, 0.25) is 0 Å². The van der Waals surface area contributed by atoms with Gasteiger partial charge in [-0.1, -0.05) is 181 Å². The highest BCUT2D eigenvalue weighted by atomic mass is 16.5. The summed E-state index contributed by atoms with van der Waals surface area (Å²) in [5, 5.41) is 6.60. The molecule has 0 spiro atoms. The van der Waals surface area contributed by atoms with Crippen LogP contribution in [-0.4, -0.2) is 14.1 Å². The van der Waals surface area contributed by atoms with Crippen LogP contribution in [0.15, 0.2) is 252 Å². The Hall–Kier alpha value is -10.8. The molecule has 0 fully saturated rings. The van der Waals surface area contributed by atoms with Crippen molar-refractivity contribution >= 4 is 76.7 Å². The van der Waals surface area contributed by atoms with Crippen molar-refractivity contribution in [3.63, 3.8) is 0 Å². The molecular formula is C80H58N4O3. The van der Waals surface area contributed by atoms with E-state index < -0.39 is 0 Å². The number of imidazole rings is 1. The summed E-state index contributed by atoms with van der Waals surface area (Å²) in [5.41, 5.74) is 22.7. The Morgan fingerprint density at radius 2 is 0.966 bits per heavy atom. The molecule has 0 amide bonds. The van der Waals surface area contributed by atoms with Crippen molar-refractivity contribution in [3.8, 4) is 84.3 Å². The molecule has 7 heteroatoms. The third-order valence-electron chi connectivity index (χ3n) is 17.9. The van der Waals surface area contributed by atoms with Crippen LogP contribution >= 0.6 is 0 Å². The lowest BCUT2D eigenvalue weighted by atomic mass is 9.81. The summed E-state index contributed by atoms with van der Waals surface area (Å²) in [4.78, 5) is 4.97. The van der Waals surface area contributed by atoms with E-state index in [1.165, 1.54) is 11.1 Å². The summed E-state index contributed by atoms with van der Waals surface area (Å²) in [7, 11) is 0. The smallest absolute Gasteiger partial charge is 0.269 e. The minimum atomic E-state index is -0.207. The molecule has 1 aliphatic rings. The van der Waals surface area contributed by atoms with Crippen LogP contribution < -0.4 is 9.30 Å².